The van der Waals surface area contributed by atoms with Crippen LogP contribution in [0.25, 0.3) is 11.0 Å². The maximum atomic E-state index is 12.0. The Hall–Kier alpha value is -2.26. The van der Waals surface area contributed by atoms with Gasteiger partial charge in [-0.15, -0.1) is 0 Å². The molecule has 4 unspecified atom stereocenters. The molecular formula is C16H16O8. The van der Waals surface area contributed by atoms with Gasteiger partial charge in [0.25, 0.3) is 0 Å². The summed E-state index contributed by atoms with van der Waals surface area (Å²) in [4.78, 5) is 23.9. The fraction of sp³-hybridized carbons (Fsp3) is 0.375. The summed E-state index contributed by atoms with van der Waals surface area (Å²) >= 11 is 0. The van der Waals surface area contributed by atoms with Crippen LogP contribution in [0.3, 0.4) is 0 Å². The van der Waals surface area contributed by atoms with Gasteiger partial charge in [-0.3, -0.25) is 0 Å². The summed E-state index contributed by atoms with van der Waals surface area (Å²) < 4.78 is 15.0. The van der Waals surface area contributed by atoms with Gasteiger partial charge in [0.15, 0.2) is 0 Å². The van der Waals surface area contributed by atoms with Crippen LogP contribution in [0.4, 0.5) is 0 Å². The second-order valence-corrected chi connectivity index (χ2v) is 5.51. The normalized spacial score (nSPS) is 24.9. The molecule has 0 aliphatic carbocycles. The van der Waals surface area contributed by atoms with Gasteiger partial charge in [-0.1, -0.05) is 18.2 Å². The number of carbonyl (C=O) groups is 1. The lowest BCUT2D eigenvalue weighted by Gasteiger charge is -2.20. The van der Waals surface area contributed by atoms with Crippen LogP contribution in [-0.4, -0.2) is 58.9 Å². The molecular weight excluding hydrogens is 320 g/mol. The van der Waals surface area contributed by atoms with Crippen molar-refractivity contribution in [1.29, 1.82) is 0 Å². The molecule has 8 heteroatoms. The summed E-state index contributed by atoms with van der Waals surface area (Å²) in [7, 11) is 0. The summed E-state index contributed by atoms with van der Waals surface area (Å²) in [6, 6.07) is 8.04. The highest BCUT2D eigenvalue weighted by atomic mass is 16.6. The summed E-state index contributed by atoms with van der Waals surface area (Å²) in [6.45, 7) is -0.620. The van der Waals surface area contributed by atoms with Crippen molar-refractivity contribution in [3.8, 4) is 0 Å². The van der Waals surface area contributed by atoms with E-state index in [9.17, 15) is 24.9 Å². The molecule has 8 nitrogen and oxygen atoms in total. The first-order valence-corrected chi connectivity index (χ1v) is 7.33. The molecule has 3 N–H and O–H groups in total. The standard InChI is InChI=1S/C16H16O8/c17-10-6-22-14(13(10)19)11(18)7-23-15(20)9-5-8-3-1-2-4-12(8)24-16(9)21/h1-5,10-11,13-14,17-19H,6-7H2. The summed E-state index contributed by atoms with van der Waals surface area (Å²) in [5.74, 6) is -0.957. The van der Waals surface area contributed by atoms with Gasteiger partial charge in [0.1, 0.15) is 42.2 Å². The lowest BCUT2D eigenvalue weighted by atomic mass is 10.1. The van der Waals surface area contributed by atoms with E-state index in [1.807, 2.05) is 0 Å². The minimum atomic E-state index is -1.34. The highest BCUT2D eigenvalue weighted by Gasteiger charge is 2.39. The van der Waals surface area contributed by atoms with Crippen molar-refractivity contribution in [2.24, 2.45) is 0 Å². The quantitative estimate of drug-likeness (QED) is 0.500. The number of hydrogen-bond donors (Lipinski definition) is 3. The molecule has 0 radical (unpaired) electrons. The molecule has 2 aromatic rings. The first kappa shape index (κ1) is 16.6. The zero-order valence-corrected chi connectivity index (χ0v) is 12.5. The largest absolute Gasteiger partial charge is 0.459 e. The first-order valence-electron chi connectivity index (χ1n) is 7.33. The van der Waals surface area contributed by atoms with E-state index in [0.29, 0.717) is 11.0 Å². The van der Waals surface area contributed by atoms with E-state index < -0.39 is 42.6 Å². The van der Waals surface area contributed by atoms with Crippen molar-refractivity contribution in [2.45, 2.75) is 24.4 Å². The monoisotopic (exact) mass is 336 g/mol. The number of esters is 1. The van der Waals surface area contributed by atoms with E-state index in [1.165, 1.54) is 6.07 Å². The molecule has 1 aliphatic heterocycles. The highest BCUT2D eigenvalue weighted by Crippen LogP contribution is 2.18. The van der Waals surface area contributed by atoms with E-state index in [2.05, 4.69) is 0 Å². The Kier molecular flexibility index (Phi) is 4.63. The average Bonchev–Trinajstić information content (AvgIpc) is 2.91. The molecule has 24 heavy (non-hydrogen) atoms. The molecule has 4 atom stereocenters. The van der Waals surface area contributed by atoms with Crippen molar-refractivity contribution in [2.75, 3.05) is 13.2 Å². The number of rotatable bonds is 4. The van der Waals surface area contributed by atoms with Crippen LogP contribution < -0.4 is 5.63 Å². The zero-order chi connectivity index (χ0) is 17.3. The van der Waals surface area contributed by atoms with Crippen molar-refractivity contribution < 1.29 is 34.0 Å². The Bertz CT molecular complexity index is 798. The number of hydrogen-bond acceptors (Lipinski definition) is 8. The van der Waals surface area contributed by atoms with Crippen LogP contribution in [0.2, 0.25) is 0 Å². The van der Waals surface area contributed by atoms with Gasteiger partial charge in [-0.2, -0.15) is 0 Å². The minimum absolute atomic E-state index is 0.120. The topological polar surface area (TPSA) is 126 Å². The predicted molar refractivity (Wildman–Crippen MR) is 80.5 cm³/mol. The van der Waals surface area contributed by atoms with E-state index >= 15 is 0 Å². The van der Waals surface area contributed by atoms with Crippen molar-refractivity contribution in [1.82, 2.24) is 0 Å². The number of carbonyl (C=O) groups excluding carboxylic acids is 1. The van der Waals surface area contributed by atoms with Crippen LogP contribution in [-0.2, 0) is 9.47 Å². The lowest BCUT2D eigenvalue weighted by Crippen LogP contribution is -2.41. The summed E-state index contributed by atoms with van der Waals surface area (Å²) in [6.07, 6.45) is -4.79. The number of ether oxygens (including phenoxy) is 2. The smallest absolute Gasteiger partial charge is 0.351 e. The zero-order valence-electron chi connectivity index (χ0n) is 12.5. The third-order valence-electron chi connectivity index (χ3n) is 3.82. The van der Waals surface area contributed by atoms with Gasteiger partial charge < -0.3 is 29.2 Å². The fourth-order valence-corrected chi connectivity index (χ4v) is 2.50. The van der Waals surface area contributed by atoms with Crippen molar-refractivity contribution >= 4 is 16.9 Å². The highest BCUT2D eigenvalue weighted by molar-refractivity contribution is 5.92. The number of fused-ring (bicyclic) bond motifs is 1. The Labute approximate surface area is 135 Å². The van der Waals surface area contributed by atoms with E-state index in [-0.39, 0.29) is 12.2 Å². The van der Waals surface area contributed by atoms with Crippen LogP contribution in [0.5, 0.6) is 0 Å². The van der Waals surface area contributed by atoms with Gasteiger partial charge >= 0.3 is 11.6 Å². The summed E-state index contributed by atoms with van der Waals surface area (Å²) in [5, 5.41) is 29.5. The molecule has 3 rings (SSSR count). The Morgan fingerprint density at radius 2 is 2.08 bits per heavy atom. The molecule has 0 saturated carbocycles. The fourth-order valence-electron chi connectivity index (χ4n) is 2.50. The van der Waals surface area contributed by atoms with Crippen LogP contribution in [0.15, 0.2) is 39.5 Å². The maximum Gasteiger partial charge on any atom is 0.351 e. The summed E-state index contributed by atoms with van der Waals surface area (Å²) in [5.41, 5.74) is -0.801. The third-order valence-corrected chi connectivity index (χ3v) is 3.82. The molecule has 1 fully saturated rings. The molecule has 1 aromatic carbocycles. The molecule has 0 bridgehead atoms. The Morgan fingerprint density at radius 1 is 1.33 bits per heavy atom. The Balaban J connectivity index is 1.69. The van der Waals surface area contributed by atoms with Gasteiger partial charge in [-0.05, 0) is 12.1 Å². The average molecular weight is 336 g/mol. The van der Waals surface area contributed by atoms with Crippen LogP contribution in [0, 0.1) is 0 Å². The van der Waals surface area contributed by atoms with Gasteiger partial charge in [-0.25, -0.2) is 9.59 Å². The predicted octanol–water partition coefficient (Wildman–Crippen LogP) is -0.569. The lowest BCUT2D eigenvalue weighted by molar-refractivity contribution is -0.0727. The van der Waals surface area contributed by atoms with Crippen molar-refractivity contribution in [3.63, 3.8) is 0 Å². The number of aliphatic hydroxyl groups is 3. The van der Waals surface area contributed by atoms with Gasteiger partial charge in [0.05, 0.1) is 6.61 Å². The maximum absolute atomic E-state index is 12.0. The van der Waals surface area contributed by atoms with E-state index in [0.717, 1.165) is 0 Å². The molecule has 1 saturated heterocycles. The molecule has 0 spiro atoms. The number of benzene rings is 1. The van der Waals surface area contributed by atoms with Crippen molar-refractivity contribution in [3.05, 3.63) is 46.3 Å². The molecule has 1 aliphatic rings. The SMILES string of the molecule is O=C(OCC(O)C1OCC(O)C1O)c1cc2ccccc2oc1=O. The minimum Gasteiger partial charge on any atom is -0.459 e. The second-order valence-electron chi connectivity index (χ2n) is 5.51. The van der Waals surface area contributed by atoms with E-state index in [1.54, 1.807) is 24.3 Å². The van der Waals surface area contributed by atoms with Gasteiger partial charge in [0, 0.05) is 5.39 Å². The molecule has 2 heterocycles. The Morgan fingerprint density at radius 3 is 2.79 bits per heavy atom. The number of aliphatic hydroxyl groups excluding tert-OH is 3. The first-order chi connectivity index (χ1) is 11.5. The van der Waals surface area contributed by atoms with Crippen LogP contribution >= 0.6 is 0 Å². The number of para-hydroxylation sites is 1. The molecule has 1 aromatic heterocycles. The van der Waals surface area contributed by atoms with E-state index in [4.69, 9.17) is 13.9 Å². The molecule has 0 amide bonds. The molecule has 128 valence electrons. The van der Waals surface area contributed by atoms with Gasteiger partial charge in [0.2, 0.25) is 0 Å². The second kappa shape index (κ2) is 6.70. The van der Waals surface area contributed by atoms with Crippen LogP contribution in [0.1, 0.15) is 10.4 Å². The third kappa shape index (κ3) is 3.17.